The SMILES string of the molecule is CC(=O)C(C)C(=O)OCC=C(C)C. The van der Waals surface area contributed by atoms with E-state index in [2.05, 4.69) is 0 Å². The van der Waals surface area contributed by atoms with Gasteiger partial charge in [0.25, 0.3) is 0 Å². The Bertz CT molecular complexity index is 224. The maximum absolute atomic E-state index is 11.1. The molecule has 0 spiro atoms. The molecular weight excluding hydrogens is 168 g/mol. The van der Waals surface area contributed by atoms with Crippen LogP contribution in [0.5, 0.6) is 0 Å². The second-order valence-corrected chi connectivity index (χ2v) is 3.24. The molecule has 74 valence electrons. The monoisotopic (exact) mass is 184 g/mol. The molecule has 1 atom stereocenters. The maximum Gasteiger partial charge on any atom is 0.316 e. The number of hydrogen-bond donors (Lipinski definition) is 0. The first-order chi connectivity index (χ1) is 5.95. The van der Waals surface area contributed by atoms with E-state index in [9.17, 15) is 9.59 Å². The number of Topliss-reactive ketones (excluding diaryl/α,β-unsaturated/α-hetero) is 1. The molecule has 0 aliphatic carbocycles. The topological polar surface area (TPSA) is 43.4 Å². The lowest BCUT2D eigenvalue weighted by Crippen LogP contribution is -2.21. The number of rotatable bonds is 4. The van der Waals surface area contributed by atoms with E-state index in [1.165, 1.54) is 6.92 Å². The standard InChI is InChI=1S/C10H16O3/c1-7(2)5-6-13-10(12)8(3)9(4)11/h5,8H,6H2,1-4H3. The van der Waals surface area contributed by atoms with Gasteiger partial charge in [-0.1, -0.05) is 5.57 Å². The Morgan fingerprint density at radius 2 is 1.85 bits per heavy atom. The van der Waals surface area contributed by atoms with Crippen LogP contribution in [0.25, 0.3) is 0 Å². The number of hydrogen-bond acceptors (Lipinski definition) is 3. The van der Waals surface area contributed by atoms with Crippen molar-refractivity contribution in [2.24, 2.45) is 5.92 Å². The summed E-state index contributed by atoms with van der Waals surface area (Å²) in [5.74, 6) is -1.27. The smallest absolute Gasteiger partial charge is 0.316 e. The predicted octanol–water partition coefficient (Wildman–Crippen LogP) is 1.72. The second-order valence-electron chi connectivity index (χ2n) is 3.24. The van der Waals surface area contributed by atoms with E-state index >= 15 is 0 Å². The third kappa shape index (κ3) is 5.17. The highest BCUT2D eigenvalue weighted by Gasteiger charge is 2.18. The lowest BCUT2D eigenvalue weighted by atomic mass is 10.1. The van der Waals surface area contributed by atoms with Crippen molar-refractivity contribution >= 4 is 11.8 Å². The number of carbonyl (C=O) groups is 2. The molecule has 3 nitrogen and oxygen atoms in total. The summed E-state index contributed by atoms with van der Waals surface area (Å²) in [6.07, 6.45) is 1.80. The van der Waals surface area contributed by atoms with Gasteiger partial charge in [0, 0.05) is 0 Å². The highest BCUT2D eigenvalue weighted by molar-refractivity contribution is 5.97. The van der Waals surface area contributed by atoms with Crippen LogP contribution in [-0.4, -0.2) is 18.4 Å². The summed E-state index contributed by atoms with van der Waals surface area (Å²) < 4.78 is 4.84. The third-order valence-electron chi connectivity index (χ3n) is 1.68. The van der Waals surface area contributed by atoms with Crippen molar-refractivity contribution in [3.63, 3.8) is 0 Å². The largest absolute Gasteiger partial charge is 0.461 e. The average molecular weight is 184 g/mol. The fraction of sp³-hybridized carbons (Fsp3) is 0.600. The van der Waals surface area contributed by atoms with Crippen LogP contribution in [0.2, 0.25) is 0 Å². The molecule has 0 bridgehead atoms. The Kier molecular flexibility index (Phi) is 5.04. The van der Waals surface area contributed by atoms with E-state index < -0.39 is 11.9 Å². The van der Waals surface area contributed by atoms with Crippen molar-refractivity contribution in [1.29, 1.82) is 0 Å². The molecule has 0 saturated heterocycles. The van der Waals surface area contributed by atoms with Gasteiger partial charge in [-0.2, -0.15) is 0 Å². The number of esters is 1. The molecule has 0 aliphatic heterocycles. The van der Waals surface area contributed by atoms with Gasteiger partial charge in [-0.05, 0) is 33.8 Å². The molecule has 0 radical (unpaired) electrons. The summed E-state index contributed by atoms with van der Waals surface area (Å²) in [6.45, 7) is 7.02. The summed E-state index contributed by atoms with van der Waals surface area (Å²) in [6, 6.07) is 0. The quantitative estimate of drug-likeness (QED) is 0.379. The first-order valence-corrected chi connectivity index (χ1v) is 4.25. The van der Waals surface area contributed by atoms with Crippen LogP contribution >= 0.6 is 0 Å². The average Bonchev–Trinajstić information content (AvgIpc) is 2.02. The zero-order chi connectivity index (χ0) is 10.4. The first kappa shape index (κ1) is 11.9. The van der Waals surface area contributed by atoms with Gasteiger partial charge in [-0.15, -0.1) is 0 Å². The zero-order valence-electron chi connectivity index (χ0n) is 8.59. The summed E-state index contributed by atoms with van der Waals surface area (Å²) in [4.78, 5) is 21.9. The minimum atomic E-state index is -0.648. The van der Waals surface area contributed by atoms with E-state index in [1.54, 1.807) is 13.0 Å². The maximum atomic E-state index is 11.1. The minimum absolute atomic E-state index is 0.165. The van der Waals surface area contributed by atoms with Crippen molar-refractivity contribution in [1.82, 2.24) is 0 Å². The Hall–Kier alpha value is -1.12. The van der Waals surface area contributed by atoms with Crippen LogP contribution in [-0.2, 0) is 14.3 Å². The Balaban J connectivity index is 3.89. The van der Waals surface area contributed by atoms with Crippen LogP contribution in [0.4, 0.5) is 0 Å². The molecule has 0 N–H and O–H groups in total. The first-order valence-electron chi connectivity index (χ1n) is 4.25. The summed E-state index contributed by atoms with van der Waals surface area (Å²) in [7, 11) is 0. The molecule has 0 aromatic carbocycles. The van der Waals surface area contributed by atoms with Gasteiger partial charge in [-0.25, -0.2) is 0 Å². The fourth-order valence-electron chi connectivity index (χ4n) is 0.581. The number of ether oxygens (including phenoxy) is 1. The fourth-order valence-corrected chi connectivity index (χ4v) is 0.581. The van der Waals surface area contributed by atoms with E-state index in [4.69, 9.17) is 4.74 Å². The molecule has 13 heavy (non-hydrogen) atoms. The van der Waals surface area contributed by atoms with Crippen LogP contribution in [0, 0.1) is 5.92 Å². The third-order valence-corrected chi connectivity index (χ3v) is 1.68. The van der Waals surface area contributed by atoms with Crippen molar-refractivity contribution in [2.75, 3.05) is 6.61 Å². The second kappa shape index (κ2) is 5.51. The molecule has 0 aromatic heterocycles. The summed E-state index contributed by atoms with van der Waals surface area (Å²) in [5, 5.41) is 0. The Morgan fingerprint density at radius 3 is 2.23 bits per heavy atom. The van der Waals surface area contributed by atoms with Crippen LogP contribution in [0.3, 0.4) is 0 Å². The van der Waals surface area contributed by atoms with Gasteiger partial charge >= 0.3 is 5.97 Å². The zero-order valence-corrected chi connectivity index (χ0v) is 8.59. The molecule has 1 unspecified atom stereocenters. The molecule has 3 heteroatoms. The van der Waals surface area contributed by atoms with Crippen LogP contribution in [0.15, 0.2) is 11.6 Å². The van der Waals surface area contributed by atoms with Gasteiger partial charge in [0.05, 0.1) is 0 Å². The van der Waals surface area contributed by atoms with Crippen LogP contribution < -0.4 is 0 Å². The molecule has 0 rings (SSSR count). The van der Waals surface area contributed by atoms with Crippen molar-refractivity contribution < 1.29 is 14.3 Å². The highest BCUT2D eigenvalue weighted by atomic mass is 16.5. The van der Waals surface area contributed by atoms with E-state index in [0.29, 0.717) is 0 Å². The highest BCUT2D eigenvalue weighted by Crippen LogP contribution is 2.00. The van der Waals surface area contributed by atoms with Gasteiger partial charge < -0.3 is 4.74 Å². The van der Waals surface area contributed by atoms with Crippen LogP contribution in [0.1, 0.15) is 27.7 Å². The normalized spacial score (nSPS) is 11.7. The van der Waals surface area contributed by atoms with Gasteiger partial charge in [0.15, 0.2) is 0 Å². The van der Waals surface area contributed by atoms with E-state index in [1.807, 2.05) is 13.8 Å². The minimum Gasteiger partial charge on any atom is -0.461 e. The van der Waals surface area contributed by atoms with Gasteiger partial charge in [0.1, 0.15) is 18.3 Å². The van der Waals surface area contributed by atoms with Gasteiger partial charge in [0.2, 0.25) is 0 Å². The molecule has 0 heterocycles. The number of allylic oxidation sites excluding steroid dienone is 1. The van der Waals surface area contributed by atoms with Crippen molar-refractivity contribution in [3.05, 3.63) is 11.6 Å². The lowest BCUT2D eigenvalue weighted by molar-refractivity contribution is -0.149. The number of carbonyl (C=O) groups excluding carboxylic acids is 2. The summed E-state index contributed by atoms with van der Waals surface area (Å²) >= 11 is 0. The molecule has 0 aliphatic rings. The van der Waals surface area contributed by atoms with Crippen molar-refractivity contribution in [2.45, 2.75) is 27.7 Å². The Morgan fingerprint density at radius 1 is 1.31 bits per heavy atom. The molecular formula is C10H16O3. The molecule has 0 amide bonds. The number of ketones is 1. The van der Waals surface area contributed by atoms with E-state index in [-0.39, 0.29) is 12.4 Å². The van der Waals surface area contributed by atoms with Gasteiger partial charge in [-0.3, -0.25) is 9.59 Å². The summed E-state index contributed by atoms with van der Waals surface area (Å²) in [5.41, 5.74) is 1.09. The van der Waals surface area contributed by atoms with Crippen molar-refractivity contribution in [3.8, 4) is 0 Å². The van der Waals surface area contributed by atoms with E-state index in [0.717, 1.165) is 5.57 Å². The molecule has 0 saturated carbocycles. The molecule has 0 fully saturated rings. The molecule has 0 aromatic rings. The predicted molar refractivity (Wildman–Crippen MR) is 50.2 cm³/mol. The Labute approximate surface area is 78.8 Å². The lowest BCUT2D eigenvalue weighted by Gasteiger charge is -2.06.